The highest BCUT2D eigenvalue weighted by Gasteiger charge is 2.10. The Morgan fingerprint density at radius 1 is 1.08 bits per heavy atom. The minimum absolute atomic E-state index is 0.118. The van der Waals surface area contributed by atoms with Gasteiger partial charge in [-0.1, -0.05) is 41.9 Å². The SMILES string of the molecule is Cc1ccc(C(=O)Nc2ccc(N[C@@H](C)c3ccccc3)c(Cl)c2)cn1. The van der Waals surface area contributed by atoms with Crippen LogP contribution in [-0.2, 0) is 0 Å². The fraction of sp³-hybridized carbons (Fsp3) is 0.143. The zero-order valence-electron chi connectivity index (χ0n) is 14.7. The van der Waals surface area contributed by atoms with Gasteiger partial charge in [0.2, 0.25) is 0 Å². The van der Waals surface area contributed by atoms with Crippen LogP contribution in [0, 0.1) is 6.92 Å². The van der Waals surface area contributed by atoms with Crippen LogP contribution in [0.5, 0.6) is 0 Å². The molecule has 0 aliphatic rings. The van der Waals surface area contributed by atoms with Crippen LogP contribution in [0.3, 0.4) is 0 Å². The van der Waals surface area contributed by atoms with Crippen LogP contribution in [0.4, 0.5) is 11.4 Å². The summed E-state index contributed by atoms with van der Waals surface area (Å²) in [6, 6.07) is 19.2. The number of carbonyl (C=O) groups is 1. The van der Waals surface area contributed by atoms with E-state index in [-0.39, 0.29) is 11.9 Å². The summed E-state index contributed by atoms with van der Waals surface area (Å²) < 4.78 is 0. The molecule has 0 aliphatic carbocycles. The van der Waals surface area contributed by atoms with E-state index < -0.39 is 0 Å². The van der Waals surface area contributed by atoms with Gasteiger partial charge in [-0.2, -0.15) is 0 Å². The van der Waals surface area contributed by atoms with E-state index in [1.165, 1.54) is 5.56 Å². The third-order valence-electron chi connectivity index (χ3n) is 4.07. The molecule has 0 spiro atoms. The molecule has 132 valence electrons. The molecule has 1 aromatic heterocycles. The van der Waals surface area contributed by atoms with Crippen LogP contribution >= 0.6 is 11.6 Å². The van der Waals surface area contributed by atoms with E-state index in [4.69, 9.17) is 11.6 Å². The van der Waals surface area contributed by atoms with Gasteiger partial charge in [-0.05, 0) is 49.7 Å². The fourth-order valence-corrected chi connectivity index (χ4v) is 2.81. The molecule has 2 aromatic carbocycles. The molecule has 0 fully saturated rings. The standard InChI is InChI=1S/C21H20ClN3O/c1-14-8-9-17(13-23-14)21(26)25-18-10-11-20(19(22)12-18)24-15(2)16-6-4-3-5-7-16/h3-13,15,24H,1-2H3,(H,25,26)/t15-/m0/s1. The molecular formula is C21H20ClN3O. The Kier molecular flexibility index (Phi) is 5.54. The third-order valence-corrected chi connectivity index (χ3v) is 4.38. The lowest BCUT2D eigenvalue weighted by atomic mass is 10.1. The van der Waals surface area contributed by atoms with E-state index in [0.717, 1.165) is 11.4 Å². The largest absolute Gasteiger partial charge is 0.377 e. The molecule has 1 heterocycles. The number of aryl methyl sites for hydroxylation is 1. The molecule has 0 unspecified atom stereocenters. The van der Waals surface area contributed by atoms with E-state index in [1.54, 1.807) is 24.4 Å². The maximum absolute atomic E-state index is 12.3. The molecule has 0 aliphatic heterocycles. The molecule has 5 heteroatoms. The first-order chi connectivity index (χ1) is 12.5. The first-order valence-electron chi connectivity index (χ1n) is 8.38. The number of nitrogens with zero attached hydrogens (tertiary/aromatic N) is 1. The van der Waals surface area contributed by atoms with Crippen molar-refractivity contribution < 1.29 is 4.79 Å². The second kappa shape index (κ2) is 8.02. The van der Waals surface area contributed by atoms with Crippen LogP contribution in [-0.4, -0.2) is 10.9 Å². The van der Waals surface area contributed by atoms with Crippen molar-refractivity contribution in [1.29, 1.82) is 0 Å². The third kappa shape index (κ3) is 4.41. The second-order valence-electron chi connectivity index (χ2n) is 6.11. The second-order valence-corrected chi connectivity index (χ2v) is 6.52. The highest BCUT2D eigenvalue weighted by atomic mass is 35.5. The lowest BCUT2D eigenvalue weighted by Crippen LogP contribution is -2.12. The molecule has 3 aromatic rings. The molecule has 0 saturated carbocycles. The number of benzene rings is 2. The Bertz CT molecular complexity index is 895. The monoisotopic (exact) mass is 365 g/mol. The van der Waals surface area contributed by atoms with Crippen LogP contribution in [0.15, 0.2) is 66.9 Å². The number of hydrogen-bond acceptors (Lipinski definition) is 3. The smallest absolute Gasteiger partial charge is 0.257 e. The fourth-order valence-electron chi connectivity index (χ4n) is 2.57. The highest BCUT2D eigenvalue weighted by Crippen LogP contribution is 2.29. The Morgan fingerprint density at radius 3 is 2.50 bits per heavy atom. The number of aromatic nitrogens is 1. The van der Waals surface area contributed by atoms with E-state index in [9.17, 15) is 4.79 Å². The zero-order valence-corrected chi connectivity index (χ0v) is 15.4. The number of rotatable bonds is 5. The zero-order chi connectivity index (χ0) is 18.5. The number of pyridine rings is 1. The number of halogens is 1. The van der Waals surface area contributed by atoms with E-state index >= 15 is 0 Å². The van der Waals surface area contributed by atoms with Crippen molar-refractivity contribution in [2.75, 3.05) is 10.6 Å². The van der Waals surface area contributed by atoms with Gasteiger partial charge < -0.3 is 10.6 Å². The van der Waals surface area contributed by atoms with Gasteiger partial charge in [0.1, 0.15) is 0 Å². The summed E-state index contributed by atoms with van der Waals surface area (Å²) in [6.45, 7) is 3.95. The number of carbonyl (C=O) groups excluding carboxylic acids is 1. The summed E-state index contributed by atoms with van der Waals surface area (Å²) in [5.74, 6) is -0.216. The van der Waals surface area contributed by atoms with Crippen LogP contribution in [0.25, 0.3) is 0 Å². The maximum Gasteiger partial charge on any atom is 0.257 e. The molecule has 3 rings (SSSR count). The minimum Gasteiger partial charge on any atom is -0.377 e. The van der Waals surface area contributed by atoms with Gasteiger partial charge in [0.25, 0.3) is 5.91 Å². The molecule has 0 saturated heterocycles. The molecule has 1 amide bonds. The summed E-state index contributed by atoms with van der Waals surface area (Å²) in [7, 11) is 0. The Hall–Kier alpha value is -2.85. The van der Waals surface area contributed by atoms with Gasteiger partial charge in [-0.3, -0.25) is 9.78 Å². The van der Waals surface area contributed by atoms with Gasteiger partial charge in [-0.25, -0.2) is 0 Å². The maximum atomic E-state index is 12.3. The number of anilines is 2. The van der Waals surface area contributed by atoms with Crippen molar-refractivity contribution in [3.63, 3.8) is 0 Å². The van der Waals surface area contributed by atoms with Gasteiger partial charge in [0, 0.05) is 23.6 Å². The summed E-state index contributed by atoms with van der Waals surface area (Å²) in [5, 5.41) is 6.78. The van der Waals surface area contributed by atoms with E-state index in [1.807, 2.05) is 37.3 Å². The number of amides is 1. The van der Waals surface area contributed by atoms with Crippen molar-refractivity contribution in [2.24, 2.45) is 0 Å². The predicted octanol–water partition coefficient (Wildman–Crippen LogP) is 5.47. The average molecular weight is 366 g/mol. The van der Waals surface area contributed by atoms with Crippen LogP contribution < -0.4 is 10.6 Å². The molecule has 0 radical (unpaired) electrons. The van der Waals surface area contributed by atoms with Crippen molar-refractivity contribution >= 4 is 28.9 Å². The Balaban J connectivity index is 1.69. The van der Waals surface area contributed by atoms with Gasteiger partial charge in [0.15, 0.2) is 0 Å². The minimum atomic E-state index is -0.216. The van der Waals surface area contributed by atoms with Crippen LogP contribution in [0.1, 0.15) is 34.6 Å². The van der Waals surface area contributed by atoms with E-state index in [2.05, 4.69) is 34.7 Å². The van der Waals surface area contributed by atoms with Crippen molar-refractivity contribution in [1.82, 2.24) is 4.98 Å². The quantitative estimate of drug-likeness (QED) is 0.630. The summed E-state index contributed by atoms with van der Waals surface area (Å²) in [4.78, 5) is 16.4. The van der Waals surface area contributed by atoms with Crippen molar-refractivity contribution in [3.8, 4) is 0 Å². The van der Waals surface area contributed by atoms with Crippen molar-refractivity contribution in [2.45, 2.75) is 19.9 Å². The highest BCUT2D eigenvalue weighted by molar-refractivity contribution is 6.33. The van der Waals surface area contributed by atoms with Crippen molar-refractivity contribution in [3.05, 3.63) is 88.7 Å². The number of hydrogen-bond donors (Lipinski definition) is 2. The molecular weight excluding hydrogens is 346 g/mol. The van der Waals surface area contributed by atoms with Gasteiger partial charge in [-0.15, -0.1) is 0 Å². The first-order valence-corrected chi connectivity index (χ1v) is 8.76. The lowest BCUT2D eigenvalue weighted by Gasteiger charge is -2.17. The molecule has 2 N–H and O–H groups in total. The van der Waals surface area contributed by atoms with Gasteiger partial charge in [0.05, 0.1) is 16.3 Å². The predicted molar refractivity (Wildman–Crippen MR) is 107 cm³/mol. The Morgan fingerprint density at radius 2 is 1.85 bits per heavy atom. The average Bonchev–Trinajstić information content (AvgIpc) is 2.65. The first kappa shape index (κ1) is 18.0. The van der Waals surface area contributed by atoms with E-state index in [0.29, 0.717) is 16.3 Å². The van der Waals surface area contributed by atoms with Gasteiger partial charge >= 0.3 is 0 Å². The van der Waals surface area contributed by atoms with Crippen LogP contribution in [0.2, 0.25) is 5.02 Å². The lowest BCUT2D eigenvalue weighted by molar-refractivity contribution is 0.102. The molecule has 0 bridgehead atoms. The topological polar surface area (TPSA) is 54.0 Å². The molecule has 4 nitrogen and oxygen atoms in total. The normalized spacial score (nSPS) is 11.7. The summed E-state index contributed by atoms with van der Waals surface area (Å²) in [6.07, 6.45) is 1.56. The molecule has 26 heavy (non-hydrogen) atoms. The summed E-state index contributed by atoms with van der Waals surface area (Å²) in [5.41, 5.74) is 4.00. The summed E-state index contributed by atoms with van der Waals surface area (Å²) >= 11 is 6.39. The molecule has 1 atom stereocenters. The number of nitrogens with one attached hydrogen (secondary N) is 2. The Labute approximate surface area is 158 Å².